The van der Waals surface area contributed by atoms with E-state index in [1.807, 2.05) is 41.2 Å². The van der Waals surface area contributed by atoms with E-state index >= 15 is 0 Å². The highest BCUT2D eigenvalue weighted by molar-refractivity contribution is 5.54. The molecule has 0 bridgehead atoms. The molecule has 3 heterocycles. The molecule has 1 fully saturated rings. The lowest BCUT2D eigenvalue weighted by Crippen LogP contribution is -2.46. The highest BCUT2D eigenvalue weighted by Gasteiger charge is 2.22. The van der Waals surface area contributed by atoms with Crippen LogP contribution in [-0.2, 0) is 12.1 Å². The predicted octanol–water partition coefficient (Wildman–Crippen LogP) is 3.01. The summed E-state index contributed by atoms with van der Waals surface area (Å²) < 4.78 is 7.46. The summed E-state index contributed by atoms with van der Waals surface area (Å²) in [5, 5.41) is 8.66. The first-order valence-corrected chi connectivity index (χ1v) is 9.39. The van der Waals surface area contributed by atoms with Gasteiger partial charge in [-0.05, 0) is 38.1 Å². The summed E-state index contributed by atoms with van der Waals surface area (Å²) >= 11 is 0. The van der Waals surface area contributed by atoms with Crippen LogP contribution < -0.4 is 4.90 Å². The first-order chi connectivity index (χ1) is 13.0. The third-order valence-electron chi connectivity index (χ3n) is 4.82. The molecule has 0 spiro atoms. The quantitative estimate of drug-likeness (QED) is 0.707. The number of anilines is 1. The lowest BCUT2D eigenvalue weighted by molar-refractivity contribution is 0.247. The van der Waals surface area contributed by atoms with Crippen molar-refractivity contribution in [2.75, 3.05) is 31.1 Å². The maximum atomic E-state index is 5.43. The van der Waals surface area contributed by atoms with Gasteiger partial charge in [-0.1, -0.05) is 18.2 Å². The minimum atomic E-state index is 0.0199. The summed E-state index contributed by atoms with van der Waals surface area (Å²) in [6.45, 7) is 11.1. The van der Waals surface area contributed by atoms with Gasteiger partial charge >= 0.3 is 0 Å². The van der Waals surface area contributed by atoms with Gasteiger partial charge in [0.25, 0.3) is 11.8 Å². The molecule has 1 aliphatic heterocycles. The largest absolute Gasteiger partial charge is 0.336 e. The molecule has 27 heavy (non-hydrogen) atoms. The molecule has 0 unspecified atom stereocenters. The minimum absolute atomic E-state index is 0.0199. The van der Waals surface area contributed by atoms with E-state index in [0.717, 1.165) is 38.3 Å². The van der Waals surface area contributed by atoms with Gasteiger partial charge in [-0.15, -0.1) is 0 Å². The molecule has 0 amide bonds. The molecule has 7 nitrogen and oxygen atoms in total. The molecule has 1 saturated heterocycles. The maximum Gasteiger partial charge on any atom is 0.266 e. The number of rotatable bonds is 4. The van der Waals surface area contributed by atoms with E-state index in [0.29, 0.717) is 11.8 Å². The van der Waals surface area contributed by atoms with Gasteiger partial charge in [0.2, 0.25) is 0 Å². The fraction of sp³-hybridized carbons (Fsp3) is 0.450. The highest BCUT2D eigenvalue weighted by Crippen LogP contribution is 2.21. The molecule has 142 valence electrons. The summed E-state index contributed by atoms with van der Waals surface area (Å²) in [5.41, 5.74) is 2.22. The Morgan fingerprint density at radius 1 is 1.04 bits per heavy atom. The van der Waals surface area contributed by atoms with Gasteiger partial charge in [-0.3, -0.25) is 9.58 Å². The molecule has 1 aliphatic rings. The average Bonchev–Trinajstić information content (AvgIpc) is 3.33. The van der Waals surface area contributed by atoms with Crippen molar-refractivity contribution >= 4 is 5.95 Å². The third-order valence-corrected chi connectivity index (χ3v) is 4.82. The molecular weight excluding hydrogens is 340 g/mol. The van der Waals surface area contributed by atoms with Crippen LogP contribution >= 0.6 is 0 Å². The van der Waals surface area contributed by atoms with Crippen LogP contribution in [0.2, 0.25) is 0 Å². The molecule has 0 aliphatic carbocycles. The Labute approximate surface area is 159 Å². The Morgan fingerprint density at radius 2 is 1.78 bits per heavy atom. The molecular formula is C20H26N6O. The molecule has 2 aromatic heterocycles. The van der Waals surface area contributed by atoms with Crippen LogP contribution in [0.3, 0.4) is 0 Å². The lowest BCUT2D eigenvalue weighted by atomic mass is 10.1. The third kappa shape index (κ3) is 4.03. The van der Waals surface area contributed by atoms with Gasteiger partial charge in [0.1, 0.15) is 0 Å². The SMILES string of the molecule is CC(C)(C)n1cc(CN2CCN(c3noc(-c4ccccc4)n3)CC2)cn1. The van der Waals surface area contributed by atoms with Crippen molar-refractivity contribution in [3.63, 3.8) is 0 Å². The van der Waals surface area contributed by atoms with Crippen molar-refractivity contribution in [3.8, 4) is 11.5 Å². The second kappa shape index (κ2) is 7.15. The fourth-order valence-corrected chi connectivity index (χ4v) is 3.21. The van der Waals surface area contributed by atoms with Crippen LogP contribution in [0.25, 0.3) is 11.5 Å². The molecule has 0 N–H and O–H groups in total. The van der Waals surface area contributed by atoms with Gasteiger partial charge in [0, 0.05) is 50.0 Å². The fourth-order valence-electron chi connectivity index (χ4n) is 3.21. The van der Waals surface area contributed by atoms with Crippen LogP contribution in [0.1, 0.15) is 26.3 Å². The van der Waals surface area contributed by atoms with Crippen LogP contribution in [0.5, 0.6) is 0 Å². The van der Waals surface area contributed by atoms with Crippen LogP contribution in [0, 0.1) is 0 Å². The van der Waals surface area contributed by atoms with Crippen LogP contribution in [0.15, 0.2) is 47.2 Å². The van der Waals surface area contributed by atoms with Crippen molar-refractivity contribution < 1.29 is 4.52 Å². The number of hydrogen-bond acceptors (Lipinski definition) is 6. The normalized spacial score (nSPS) is 16.0. The average molecular weight is 366 g/mol. The van der Waals surface area contributed by atoms with E-state index in [1.54, 1.807) is 0 Å². The van der Waals surface area contributed by atoms with Gasteiger partial charge in [-0.25, -0.2) is 0 Å². The highest BCUT2D eigenvalue weighted by atomic mass is 16.5. The maximum absolute atomic E-state index is 5.43. The van der Waals surface area contributed by atoms with Gasteiger partial charge < -0.3 is 9.42 Å². The second-order valence-electron chi connectivity index (χ2n) is 7.99. The Balaban J connectivity index is 1.34. The van der Waals surface area contributed by atoms with Gasteiger partial charge in [0.05, 0.1) is 11.7 Å². The minimum Gasteiger partial charge on any atom is -0.336 e. The molecule has 4 rings (SSSR count). The van der Waals surface area contributed by atoms with Crippen molar-refractivity contribution in [1.82, 2.24) is 24.8 Å². The van der Waals surface area contributed by atoms with E-state index in [9.17, 15) is 0 Å². The van der Waals surface area contributed by atoms with E-state index in [-0.39, 0.29) is 5.54 Å². The van der Waals surface area contributed by atoms with E-state index < -0.39 is 0 Å². The number of piperazine rings is 1. The topological polar surface area (TPSA) is 63.2 Å². The van der Waals surface area contributed by atoms with Crippen molar-refractivity contribution in [2.24, 2.45) is 0 Å². The standard InChI is InChI=1S/C20H26N6O/c1-20(2,3)26-15-16(13-21-26)14-24-9-11-25(12-10-24)19-22-18(27-23-19)17-7-5-4-6-8-17/h4-8,13,15H,9-12,14H2,1-3H3. The summed E-state index contributed by atoms with van der Waals surface area (Å²) in [4.78, 5) is 9.19. The summed E-state index contributed by atoms with van der Waals surface area (Å²) in [7, 11) is 0. The van der Waals surface area contributed by atoms with E-state index in [2.05, 4.69) is 52.0 Å². The van der Waals surface area contributed by atoms with Crippen LogP contribution in [0.4, 0.5) is 5.95 Å². The Kier molecular flexibility index (Phi) is 4.70. The summed E-state index contributed by atoms with van der Waals surface area (Å²) in [5.74, 6) is 1.25. The molecule has 1 aromatic carbocycles. The second-order valence-corrected chi connectivity index (χ2v) is 7.99. The number of aromatic nitrogens is 4. The van der Waals surface area contributed by atoms with Crippen molar-refractivity contribution in [1.29, 1.82) is 0 Å². The molecule has 7 heteroatoms. The van der Waals surface area contributed by atoms with E-state index in [1.165, 1.54) is 5.56 Å². The lowest BCUT2D eigenvalue weighted by Gasteiger charge is -2.33. The zero-order valence-electron chi connectivity index (χ0n) is 16.2. The predicted molar refractivity (Wildman–Crippen MR) is 104 cm³/mol. The number of benzene rings is 1. The number of nitrogens with zero attached hydrogens (tertiary/aromatic N) is 6. The van der Waals surface area contributed by atoms with Gasteiger partial charge in [0.15, 0.2) is 0 Å². The Morgan fingerprint density at radius 3 is 2.44 bits per heavy atom. The molecule has 0 atom stereocenters. The molecule has 3 aromatic rings. The monoisotopic (exact) mass is 366 g/mol. The van der Waals surface area contributed by atoms with E-state index in [4.69, 9.17) is 4.52 Å². The zero-order chi connectivity index (χ0) is 18.9. The van der Waals surface area contributed by atoms with Crippen molar-refractivity contribution in [3.05, 3.63) is 48.3 Å². The smallest absolute Gasteiger partial charge is 0.266 e. The van der Waals surface area contributed by atoms with Crippen molar-refractivity contribution in [2.45, 2.75) is 32.9 Å². The van der Waals surface area contributed by atoms with Gasteiger partial charge in [-0.2, -0.15) is 10.1 Å². The van der Waals surface area contributed by atoms with Crippen LogP contribution in [-0.4, -0.2) is 51.0 Å². The first kappa shape index (κ1) is 17.7. The number of hydrogen-bond donors (Lipinski definition) is 0. The summed E-state index contributed by atoms with van der Waals surface area (Å²) in [6.07, 6.45) is 4.13. The molecule has 0 saturated carbocycles. The summed E-state index contributed by atoms with van der Waals surface area (Å²) in [6, 6.07) is 9.88. The first-order valence-electron chi connectivity index (χ1n) is 9.39. The zero-order valence-corrected chi connectivity index (χ0v) is 16.2. The molecule has 0 radical (unpaired) electrons. The Hall–Kier alpha value is -2.67. The Bertz CT molecular complexity index is 871.